The molecule has 0 atom stereocenters. The number of fused-ring (bicyclic) bond motifs is 1. The number of amides is 1. The molecule has 0 radical (unpaired) electrons. The summed E-state index contributed by atoms with van der Waals surface area (Å²) in [7, 11) is 1.36. The normalized spacial score (nSPS) is 13.6. The number of nitrogens with zero attached hydrogens (tertiary/aromatic N) is 1. The van der Waals surface area contributed by atoms with E-state index in [0.29, 0.717) is 12.1 Å². The lowest BCUT2D eigenvalue weighted by Gasteiger charge is -2.21. The Hall–Kier alpha value is -1.36. The summed E-state index contributed by atoms with van der Waals surface area (Å²) in [4.78, 5) is 25.5. The molecule has 2 rings (SSSR count). The molecule has 0 saturated heterocycles. The highest BCUT2D eigenvalue weighted by Crippen LogP contribution is 2.37. The molecule has 1 aliphatic rings. The van der Waals surface area contributed by atoms with Crippen molar-refractivity contribution in [3.8, 4) is 0 Å². The molecule has 0 saturated carbocycles. The van der Waals surface area contributed by atoms with Crippen LogP contribution in [0.5, 0.6) is 0 Å². The van der Waals surface area contributed by atoms with E-state index in [2.05, 4.69) is 15.9 Å². The predicted molar refractivity (Wildman–Crippen MR) is 76.4 cm³/mol. The van der Waals surface area contributed by atoms with Gasteiger partial charge in [-0.1, -0.05) is 13.8 Å². The van der Waals surface area contributed by atoms with Gasteiger partial charge in [-0.15, -0.1) is 0 Å². The number of anilines is 1. The molecular weight excluding hydrogens is 310 g/mol. The molecule has 1 heterocycles. The summed E-state index contributed by atoms with van der Waals surface area (Å²) in [5.74, 6) is -0.305. The Morgan fingerprint density at radius 1 is 1.37 bits per heavy atom. The molecule has 0 spiro atoms. The van der Waals surface area contributed by atoms with E-state index in [1.807, 2.05) is 13.8 Å². The molecule has 1 aromatic carbocycles. The van der Waals surface area contributed by atoms with Crippen molar-refractivity contribution in [1.82, 2.24) is 0 Å². The van der Waals surface area contributed by atoms with E-state index < -0.39 is 0 Å². The van der Waals surface area contributed by atoms with Gasteiger partial charge in [0.1, 0.15) is 0 Å². The lowest BCUT2D eigenvalue weighted by Crippen LogP contribution is -2.32. The Bertz CT molecular complexity index is 540. The second-order valence-electron chi connectivity index (χ2n) is 4.85. The molecule has 0 aliphatic carbocycles. The number of carbonyl (C=O) groups excluding carboxylic acids is 2. The van der Waals surface area contributed by atoms with Gasteiger partial charge in [-0.2, -0.15) is 0 Å². The Kier molecular flexibility index (Phi) is 3.94. The average molecular weight is 326 g/mol. The Labute approximate surface area is 120 Å². The number of carbonyl (C=O) groups is 2. The first kappa shape index (κ1) is 14.1. The van der Waals surface area contributed by atoms with Crippen LogP contribution in [0.3, 0.4) is 0 Å². The lowest BCUT2D eigenvalue weighted by atomic mass is 10.1. The summed E-state index contributed by atoms with van der Waals surface area (Å²) in [6, 6.07) is 3.51. The van der Waals surface area contributed by atoms with Crippen molar-refractivity contribution in [3.63, 3.8) is 0 Å². The van der Waals surface area contributed by atoms with E-state index in [-0.39, 0.29) is 17.8 Å². The van der Waals surface area contributed by atoms with Gasteiger partial charge < -0.3 is 9.64 Å². The number of ether oxygens (including phenoxy) is 1. The maximum atomic E-state index is 12.1. The Morgan fingerprint density at radius 3 is 2.63 bits per heavy atom. The number of hydrogen-bond acceptors (Lipinski definition) is 3. The van der Waals surface area contributed by atoms with Crippen LogP contribution in [0.1, 0.15) is 29.8 Å². The zero-order valence-electron chi connectivity index (χ0n) is 11.2. The van der Waals surface area contributed by atoms with Gasteiger partial charge in [0.05, 0.1) is 18.4 Å². The molecular formula is C14H16BrNO3. The van der Waals surface area contributed by atoms with Gasteiger partial charge in [0.15, 0.2) is 0 Å². The van der Waals surface area contributed by atoms with E-state index in [4.69, 9.17) is 4.74 Å². The second-order valence-corrected chi connectivity index (χ2v) is 5.71. The van der Waals surface area contributed by atoms with E-state index in [1.54, 1.807) is 17.0 Å². The molecule has 0 N–H and O–H groups in total. The SMILES string of the molecule is COC(=O)c1cc(Br)c2c(c1)CCN2C(=O)C(C)C. The maximum absolute atomic E-state index is 12.1. The van der Waals surface area contributed by atoms with Gasteiger partial charge in [0, 0.05) is 16.9 Å². The molecule has 0 unspecified atom stereocenters. The Morgan fingerprint density at radius 2 is 2.05 bits per heavy atom. The monoisotopic (exact) mass is 325 g/mol. The first-order valence-electron chi connectivity index (χ1n) is 6.17. The van der Waals surface area contributed by atoms with Crippen LogP contribution in [-0.2, 0) is 16.0 Å². The van der Waals surface area contributed by atoms with Crippen LogP contribution in [0.4, 0.5) is 5.69 Å². The third-order valence-electron chi connectivity index (χ3n) is 3.20. The summed E-state index contributed by atoms with van der Waals surface area (Å²) < 4.78 is 5.48. The zero-order valence-corrected chi connectivity index (χ0v) is 12.8. The number of methoxy groups -OCH3 is 1. The summed E-state index contributed by atoms with van der Waals surface area (Å²) >= 11 is 3.45. The highest BCUT2D eigenvalue weighted by atomic mass is 79.9. The first-order chi connectivity index (χ1) is 8.95. The van der Waals surface area contributed by atoms with Gasteiger partial charge >= 0.3 is 5.97 Å². The summed E-state index contributed by atoms with van der Waals surface area (Å²) in [5, 5.41) is 0. The van der Waals surface area contributed by atoms with Crippen LogP contribution in [0.15, 0.2) is 16.6 Å². The third kappa shape index (κ3) is 2.52. The van der Waals surface area contributed by atoms with E-state index >= 15 is 0 Å². The molecule has 0 bridgehead atoms. The van der Waals surface area contributed by atoms with E-state index in [9.17, 15) is 9.59 Å². The van der Waals surface area contributed by atoms with Crippen LogP contribution < -0.4 is 4.90 Å². The number of benzene rings is 1. The minimum absolute atomic E-state index is 0.0434. The zero-order chi connectivity index (χ0) is 14.2. The highest BCUT2D eigenvalue weighted by molar-refractivity contribution is 9.10. The van der Waals surface area contributed by atoms with Gasteiger partial charge in [-0.25, -0.2) is 4.79 Å². The van der Waals surface area contributed by atoms with Crippen molar-refractivity contribution >= 4 is 33.5 Å². The summed E-state index contributed by atoms with van der Waals surface area (Å²) in [6.07, 6.45) is 0.761. The van der Waals surface area contributed by atoms with Crippen molar-refractivity contribution in [2.45, 2.75) is 20.3 Å². The molecule has 5 heteroatoms. The van der Waals surface area contributed by atoms with Crippen LogP contribution >= 0.6 is 15.9 Å². The molecule has 1 aliphatic heterocycles. The van der Waals surface area contributed by atoms with Gasteiger partial charge in [0.25, 0.3) is 0 Å². The minimum Gasteiger partial charge on any atom is -0.465 e. The second kappa shape index (κ2) is 5.33. The van der Waals surface area contributed by atoms with Crippen molar-refractivity contribution in [3.05, 3.63) is 27.7 Å². The summed E-state index contributed by atoms with van der Waals surface area (Å²) in [6.45, 7) is 4.43. The fourth-order valence-electron chi connectivity index (χ4n) is 2.26. The minimum atomic E-state index is -0.364. The maximum Gasteiger partial charge on any atom is 0.337 e. The Balaban J connectivity index is 2.42. The van der Waals surface area contributed by atoms with Crippen molar-refractivity contribution in [2.75, 3.05) is 18.6 Å². The number of rotatable bonds is 2. The quantitative estimate of drug-likeness (QED) is 0.785. The highest BCUT2D eigenvalue weighted by Gasteiger charge is 2.29. The van der Waals surface area contributed by atoms with Crippen molar-refractivity contribution in [1.29, 1.82) is 0 Å². The van der Waals surface area contributed by atoms with Gasteiger partial charge in [-0.05, 0) is 40.0 Å². The molecule has 1 aromatic rings. The summed E-state index contributed by atoms with van der Waals surface area (Å²) in [5.41, 5.74) is 2.39. The fraction of sp³-hybridized carbons (Fsp3) is 0.429. The van der Waals surface area contributed by atoms with Crippen molar-refractivity contribution < 1.29 is 14.3 Å². The van der Waals surface area contributed by atoms with Crippen LogP contribution in [0, 0.1) is 5.92 Å². The fourth-order valence-corrected chi connectivity index (χ4v) is 2.98. The van der Waals surface area contributed by atoms with Crippen LogP contribution in [0.2, 0.25) is 0 Å². The first-order valence-corrected chi connectivity index (χ1v) is 6.97. The number of esters is 1. The van der Waals surface area contributed by atoms with Gasteiger partial charge in [-0.3, -0.25) is 4.79 Å². The van der Waals surface area contributed by atoms with E-state index in [1.165, 1.54) is 7.11 Å². The molecule has 0 fully saturated rings. The van der Waals surface area contributed by atoms with Crippen LogP contribution in [-0.4, -0.2) is 25.5 Å². The molecule has 4 nitrogen and oxygen atoms in total. The van der Waals surface area contributed by atoms with E-state index in [0.717, 1.165) is 22.1 Å². The topological polar surface area (TPSA) is 46.6 Å². The third-order valence-corrected chi connectivity index (χ3v) is 3.80. The number of hydrogen-bond donors (Lipinski definition) is 0. The molecule has 102 valence electrons. The van der Waals surface area contributed by atoms with Crippen LogP contribution in [0.25, 0.3) is 0 Å². The molecule has 0 aromatic heterocycles. The average Bonchev–Trinajstić information content (AvgIpc) is 2.80. The largest absolute Gasteiger partial charge is 0.465 e. The van der Waals surface area contributed by atoms with Gasteiger partial charge in [0.2, 0.25) is 5.91 Å². The smallest absolute Gasteiger partial charge is 0.337 e. The van der Waals surface area contributed by atoms with Crippen molar-refractivity contribution in [2.24, 2.45) is 5.92 Å². The molecule has 1 amide bonds. The molecule has 19 heavy (non-hydrogen) atoms. The standard InChI is InChI=1S/C14H16BrNO3/c1-8(2)13(17)16-5-4-9-6-10(14(18)19-3)7-11(15)12(9)16/h6-8H,4-5H2,1-3H3. The predicted octanol–water partition coefficient (Wildman–Crippen LogP) is 2.78. The number of halogens is 1. The lowest BCUT2D eigenvalue weighted by molar-refractivity contribution is -0.121.